The molecule has 148 valence electrons. The fourth-order valence-electron chi connectivity index (χ4n) is 3.54. The van der Waals surface area contributed by atoms with Crippen molar-refractivity contribution in [3.8, 4) is 0 Å². The Bertz CT molecular complexity index is 987. The molecule has 3 aromatic rings. The zero-order valence-electron chi connectivity index (χ0n) is 15.9. The molecule has 1 saturated heterocycles. The van der Waals surface area contributed by atoms with Crippen molar-refractivity contribution in [3.05, 3.63) is 35.5 Å². The highest BCUT2D eigenvalue weighted by atomic mass is 16.3. The minimum Gasteiger partial charge on any atom is -0.385 e. The van der Waals surface area contributed by atoms with E-state index in [0.717, 1.165) is 18.7 Å². The number of rotatable bonds is 4. The first-order chi connectivity index (χ1) is 13.4. The van der Waals surface area contributed by atoms with Crippen LogP contribution in [0.2, 0.25) is 0 Å². The Morgan fingerprint density at radius 3 is 2.68 bits per heavy atom. The van der Waals surface area contributed by atoms with Gasteiger partial charge in [-0.3, -0.25) is 14.3 Å². The second-order valence-electron chi connectivity index (χ2n) is 7.54. The van der Waals surface area contributed by atoms with E-state index in [9.17, 15) is 9.90 Å². The number of nitrogen functional groups attached to an aromatic ring is 1. The molecule has 10 heteroatoms. The fraction of sp³-hybridized carbons (Fsp3) is 0.500. The summed E-state index contributed by atoms with van der Waals surface area (Å²) >= 11 is 0. The maximum Gasteiger partial charge on any atom is 0.255 e. The SMILES string of the molecule is CC(C)C(O)c1nnc2ccc(C(=O)N3CCC(c4nc(N)n[nH]4)CC3)cn12. The number of nitrogens with two attached hydrogens (primary N) is 1. The number of nitrogens with one attached hydrogen (secondary N) is 1. The molecule has 0 spiro atoms. The quantitative estimate of drug-likeness (QED) is 0.613. The van der Waals surface area contributed by atoms with Gasteiger partial charge in [-0.1, -0.05) is 13.8 Å². The normalized spacial score (nSPS) is 16.8. The van der Waals surface area contributed by atoms with Crippen LogP contribution in [-0.2, 0) is 0 Å². The van der Waals surface area contributed by atoms with Crippen LogP contribution in [0.25, 0.3) is 5.65 Å². The van der Waals surface area contributed by atoms with Gasteiger partial charge >= 0.3 is 0 Å². The van der Waals surface area contributed by atoms with Crippen LogP contribution in [0.1, 0.15) is 60.7 Å². The van der Waals surface area contributed by atoms with Crippen LogP contribution in [0.5, 0.6) is 0 Å². The number of anilines is 1. The van der Waals surface area contributed by atoms with Crippen molar-refractivity contribution in [2.24, 2.45) is 5.92 Å². The molecule has 1 amide bonds. The number of amides is 1. The molecule has 10 nitrogen and oxygen atoms in total. The summed E-state index contributed by atoms with van der Waals surface area (Å²) in [6, 6.07) is 3.50. The Balaban J connectivity index is 1.50. The molecule has 0 aromatic carbocycles. The average Bonchev–Trinajstić information content (AvgIpc) is 3.32. The number of hydrogen-bond acceptors (Lipinski definition) is 7. The summed E-state index contributed by atoms with van der Waals surface area (Å²) in [5, 5.41) is 25.3. The van der Waals surface area contributed by atoms with Gasteiger partial charge in [-0.25, -0.2) is 0 Å². The van der Waals surface area contributed by atoms with Crippen LogP contribution in [-0.4, -0.2) is 58.8 Å². The lowest BCUT2D eigenvalue weighted by molar-refractivity contribution is 0.0710. The number of likely N-dealkylation sites (tertiary alicyclic amines) is 1. The largest absolute Gasteiger partial charge is 0.385 e. The number of aromatic amines is 1. The van der Waals surface area contributed by atoms with Crippen LogP contribution >= 0.6 is 0 Å². The molecular formula is C18H24N8O2. The summed E-state index contributed by atoms with van der Waals surface area (Å²) < 4.78 is 1.70. The lowest BCUT2D eigenvalue weighted by Gasteiger charge is -2.31. The van der Waals surface area contributed by atoms with Crippen molar-refractivity contribution in [2.75, 3.05) is 18.8 Å². The lowest BCUT2D eigenvalue weighted by atomic mass is 9.96. The number of aliphatic hydroxyl groups is 1. The van der Waals surface area contributed by atoms with Crippen LogP contribution in [0.4, 0.5) is 5.95 Å². The molecule has 0 saturated carbocycles. The third kappa shape index (κ3) is 3.31. The number of aliphatic hydroxyl groups excluding tert-OH is 1. The van der Waals surface area contributed by atoms with Gasteiger partial charge in [-0.2, -0.15) is 4.98 Å². The summed E-state index contributed by atoms with van der Waals surface area (Å²) in [4.78, 5) is 19.0. The maximum absolute atomic E-state index is 13.0. The Morgan fingerprint density at radius 1 is 1.29 bits per heavy atom. The zero-order valence-corrected chi connectivity index (χ0v) is 15.9. The Hall–Kier alpha value is -3.01. The fourth-order valence-corrected chi connectivity index (χ4v) is 3.54. The number of fused-ring (bicyclic) bond motifs is 1. The van der Waals surface area contributed by atoms with E-state index in [1.807, 2.05) is 18.7 Å². The van der Waals surface area contributed by atoms with Gasteiger partial charge < -0.3 is 15.7 Å². The Morgan fingerprint density at radius 2 is 2.04 bits per heavy atom. The number of aromatic nitrogens is 6. The standard InChI is InChI=1S/C18H24N8O2/c1-10(2)14(27)16-23-21-13-4-3-12(9-26(13)16)17(28)25-7-5-11(6-8-25)15-20-18(19)24-22-15/h3-4,9-11,14,27H,5-8H2,1-2H3,(H3,19,20,22,24). The van der Waals surface area contributed by atoms with Gasteiger partial charge in [0, 0.05) is 25.2 Å². The van der Waals surface area contributed by atoms with Crippen molar-refractivity contribution < 1.29 is 9.90 Å². The van der Waals surface area contributed by atoms with Crippen molar-refractivity contribution in [2.45, 2.75) is 38.7 Å². The first-order valence-corrected chi connectivity index (χ1v) is 9.44. The summed E-state index contributed by atoms with van der Waals surface area (Å²) in [5.41, 5.74) is 6.73. The van der Waals surface area contributed by atoms with E-state index >= 15 is 0 Å². The van der Waals surface area contributed by atoms with Crippen LogP contribution < -0.4 is 5.73 Å². The third-order valence-corrected chi connectivity index (χ3v) is 5.26. The molecule has 1 fully saturated rings. The van der Waals surface area contributed by atoms with Crippen LogP contribution in [0.15, 0.2) is 18.3 Å². The first kappa shape index (κ1) is 18.4. The van der Waals surface area contributed by atoms with Gasteiger partial charge in [0.1, 0.15) is 11.9 Å². The zero-order chi connectivity index (χ0) is 19.8. The minimum atomic E-state index is -0.745. The molecule has 1 aliphatic heterocycles. The monoisotopic (exact) mass is 384 g/mol. The molecule has 0 radical (unpaired) electrons. The Labute approximate surface area is 161 Å². The summed E-state index contributed by atoms with van der Waals surface area (Å²) in [7, 11) is 0. The van der Waals surface area contributed by atoms with E-state index in [2.05, 4.69) is 25.4 Å². The molecule has 4 rings (SSSR count). The van der Waals surface area contributed by atoms with Crippen LogP contribution in [0, 0.1) is 5.92 Å². The number of nitrogens with zero attached hydrogens (tertiary/aromatic N) is 6. The van der Waals surface area contributed by atoms with E-state index in [-0.39, 0.29) is 23.7 Å². The lowest BCUT2D eigenvalue weighted by Crippen LogP contribution is -2.38. The van der Waals surface area contributed by atoms with Crippen molar-refractivity contribution in [3.63, 3.8) is 0 Å². The second-order valence-corrected chi connectivity index (χ2v) is 7.54. The van der Waals surface area contributed by atoms with Gasteiger partial charge in [0.2, 0.25) is 5.95 Å². The molecule has 0 bridgehead atoms. The van der Waals surface area contributed by atoms with Crippen LogP contribution in [0.3, 0.4) is 0 Å². The van der Waals surface area contributed by atoms with Gasteiger partial charge in [-0.15, -0.1) is 15.3 Å². The topological polar surface area (TPSA) is 138 Å². The highest BCUT2D eigenvalue weighted by molar-refractivity contribution is 5.94. The number of piperidine rings is 1. The van der Waals surface area contributed by atoms with Crippen molar-refractivity contribution >= 4 is 17.5 Å². The predicted molar refractivity (Wildman–Crippen MR) is 101 cm³/mol. The predicted octanol–water partition coefficient (Wildman–Crippen LogP) is 1.14. The summed E-state index contributed by atoms with van der Waals surface area (Å²) in [6.45, 7) is 5.08. The van der Waals surface area contributed by atoms with E-state index in [1.165, 1.54) is 0 Å². The van der Waals surface area contributed by atoms with E-state index in [1.54, 1.807) is 22.7 Å². The molecule has 0 aliphatic carbocycles. The van der Waals surface area contributed by atoms with Gasteiger partial charge in [0.05, 0.1) is 5.56 Å². The number of carbonyl (C=O) groups is 1. The van der Waals surface area contributed by atoms with Gasteiger partial charge in [0.25, 0.3) is 5.91 Å². The highest BCUT2D eigenvalue weighted by Crippen LogP contribution is 2.27. The van der Waals surface area contributed by atoms with Crippen molar-refractivity contribution in [1.82, 2.24) is 34.7 Å². The smallest absolute Gasteiger partial charge is 0.255 e. The van der Waals surface area contributed by atoms with E-state index < -0.39 is 6.10 Å². The molecule has 4 N–H and O–H groups in total. The molecule has 3 aromatic heterocycles. The molecular weight excluding hydrogens is 360 g/mol. The molecule has 1 atom stereocenters. The van der Waals surface area contributed by atoms with E-state index in [4.69, 9.17) is 5.73 Å². The molecule has 1 unspecified atom stereocenters. The highest BCUT2D eigenvalue weighted by Gasteiger charge is 2.27. The van der Waals surface area contributed by atoms with Crippen molar-refractivity contribution in [1.29, 1.82) is 0 Å². The average molecular weight is 384 g/mol. The first-order valence-electron chi connectivity index (χ1n) is 9.44. The molecule has 1 aliphatic rings. The third-order valence-electron chi connectivity index (χ3n) is 5.26. The number of H-pyrrole nitrogens is 1. The number of carbonyl (C=O) groups excluding carboxylic acids is 1. The van der Waals surface area contributed by atoms with Gasteiger partial charge in [-0.05, 0) is 30.9 Å². The Kier molecular flexibility index (Phi) is 4.71. The summed E-state index contributed by atoms with van der Waals surface area (Å²) in [5.74, 6) is 1.65. The molecule has 28 heavy (non-hydrogen) atoms. The second kappa shape index (κ2) is 7.19. The number of hydrogen-bond donors (Lipinski definition) is 3. The van der Waals surface area contributed by atoms with Gasteiger partial charge in [0.15, 0.2) is 11.5 Å². The van der Waals surface area contributed by atoms with E-state index in [0.29, 0.717) is 30.1 Å². The summed E-state index contributed by atoms with van der Waals surface area (Å²) in [6.07, 6.45) is 2.56. The molecule has 4 heterocycles. The number of pyridine rings is 1. The minimum absolute atomic E-state index is 0.00378. The maximum atomic E-state index is 13.0.